The van der Waals surface area contributed by atoms with E-state index < -0.39 is 32.7 Å². The standard InChI is InChI=1S/C17H13ClF2N2O3S2/c1-10(11-4-2-3-5-13(11)19)25-15-9-14(20)16(8-12(15)18)27(23,24)22-17-21-6-7-26-17/h2-10H,1H3,(H,21,22). The summed E-state index contributed by atoms with van der Waals surface area (Å²) in [4.78, 5) is 3.15. The number of benzene rings is 2. The first-order valence-corrected chi connectivity index (χ1v) is 10.3. The summed E-state index contributed by atoms with van der Waals surface area (Å²) in [5.41, 5.74) is 0.260. The first-order chi connectivity index (χ1) is 12.8. The van der Waals surface area contributed by atoms with Gasteiger partial charge in [0.1, 0.15) is 28.4 Å². The molecule has 5 nitrogen and oxygen atoms in total. The minimum Gasteiger partial charge on any atom is -0.484 e. The van der Waals surface area contributed by atoms with Gasteiger partial charge < -0.3 is 4.74 Å². The monoisotopic (exact) mass is 430 g/mol. The van der Waals surface area contributed by atoms with Crippen LogP contribution in [-0.4, -0.2) is 13.4 Å². The molecule has 1 heterocycles. The molecule has 10 heteroatoms. The molecule has 0 aliphatic rings. The first-order valence-electron chi connectivity index (χ1n) is 7.60. The van der Waals surface area contributed by atoms with Crippen molar-refractivity contribution in [3.05, 3.63) is 70.2 Å². The van der Waals surface area contributed by atoms with E-state index in [1.54, 1.807) is 18.4 Å². The first kappa shape index (κ1) is 19.5. The Morgan fingerprint density at radius 3 is 2.63 bits per heavy atom. The van der Waals surface area contributed by atoms with Crippen molar-refractivity contribution >= 4 is 38.1 Å². The van der Waals surface area contributed by atoms with E-state index in [9.17, 15) is 17.2 Å². The van der Waals surface area contributed by atoms with Crippen LogP contribution in [0.25, 0.3) is 0 Å². The predicted octanol–water partition coefficient (Wildman–Crippen LogP) is 5.02. The summed E-state index contributed by atoms with van der Waals surface area (Å²) in [6.07, 6.45) is 0.645. The lowest BCUT2D eigenvalue weighted by molar-refractivity contribution is 0.220. The largest absolute Gasteiger partial charge is 0.484 e. The van der Waals surface area contributed by atoms with Crippen molar-refractivity contribution in [3.63, 3.8) is 0 Å². The Labute approximate surface area is 163 Å². The van der Waals surface area contributed by atoms with Crippen molar-refractivity contribution in [3.8, 4) is 5.75 Å². The third-order valence-corrected chi connectivity index (χ3v) is 6.04. The van der Waals surface area contributed by atoms with Crippen molar-refractivity contribution in [2.24, 2.45) is 0 Å². The van der Waals surface area contributed by atoms with Gasteiger partial charge >= 0.3 is 0 Å². The molecule has 0 saturated heterocycles. The molecule has 1 atom stereocenters. The van der Waals surface area contributed by atoms with Crippen LogP contribution in [0.4, 0.5) is 13.9 Å². The Hall–Kier alpha value is -2.23. The summed E-state index contributed by atoms with van der Waals surface area (Å²) >= 11 is 7.12. The quantitative estimate of drug-likeness (QED) is 0.596. The van der Waals surface area contributed by atoms with Gasteiger partial charge in [0.15, 0.2) is 5.13 Å². The van der Waals surface area contributed by atoms with Crippen LogP contribution in [0.3, 0.4) is 0 Å². The minimum atomic E-state index is -4.22. The van der Waals surface area contributed by atoms with Crippen LogP contribution in [0.15, 0.2) is 52.9 Å². The van der Waals surface area contributed by atoms with Crippen LogP contribution in [0, 0.1) is 11.6 Å². The number of hydrogen-bond acceptors (Lipinski definition) is 5. The molecule has 0 amide bonds. The Morgan fingerprint density at radius 2 is 1.96 bits per heavy atom. The van der Waals surface area contributed by atoms with E-state index in [-0.39, 0.29) is 21.5 Å². The molecule has 0 saturated carbocycles. The lowest BCUT2D eigenvalue weighted by Crippen LogP contribution is -2.15. The summed E-state index contributed by atoms with van der Waals surface area (Å²) in [5.74, 6) is -1.63. The van der Waals surface area contributed by atoms with E-state index in [1.807, 2.05) is 0 Å². The van der Waals surface area contributed by atoms with Gasteiger partial charge in [0.2, 0.25) is 0 Å². The predicted molar refractivity (Wildman–Crippen MR) is 99.8 cm³/mol. The maximum atomic E-state index is 14.4. The second-order valence-electron chi connectivity index (χ2n) is 5.44. The number of sulfonamides is 1. The summed E-state index contributed by atoms with van der Waals surface area (Å²) in [6.45, 7) is 1.57. The molecule has 1 N–H and O–H groups in total. The van der Waals surface area contributed by atoms with Crippen molar-refractivity contribution in [1.82, 2.24) is 4.98 Å². The van der Waals surface area contributed by atoms with E-state index in [2.05, 4.69) is 9.71 Å². The van der Waals surface area contributed by atoms with Crippen LogP contribution in [0.2, 0.25) is 5.02 Å². The van der Waals surface area contributed by atoms with Gasteiger partial charge in [-0.3, -0.25) is 4.72 Å². The zero-order chi connectivity index (χ0) is 19.6. The lowest BCUT2D eigenvalue weighted by atomic mass is 10.1. The fraction of sp³-hybridized carbons (Fsp3) is 0.118. The number of anilines is 1. The van der Waals surface area contributed by atoms with Crippen LogP contribution >= 0.6 is 22.9 Å². The second kappa shape index (κ2) is 7.79. The number of ether oxygens (including phenoxy) is 1. The van der Waals surface area contributed by atoms with Gasteiger partial charge in [-0.2, -0.15) is 0 Å². The van der Waals surface area contributed by atoms with E-state index >= 15 is 0 Å². The summed E-state index contributed by atoms with van der Waals surface area (Å²) in [6, 6.07) is 7.78. The SMILES string of the molecule is CC(Oc1cc(F)c(S(=O)(=O)Nc2nccs2)cc1Cl)c1ccccc1F. The van der Waals surface area contributed by atoms with Crippen molar-refractivity contribution < 1.29 is 21.9 Å². The maximum Gasteiger partial charge on any atom is 0.266 e. The highest BCUT2D eigenvalue weighted by atomic mass is 35.5. The zero-order valence-electron chi connectivity index (χ0n) is 13.8. The molecule has 0 fully saturated rings. The number of thiazole rings is 1. The number of nitrogens with one attached hydrogen (secondary N) is 1. The van der Waals surface area contributed by atoms with Gasteiger partial charge in [0.05, 0.1) is 5.02 Å². The molecule has 1 unspecified atom stereocenters. The Bertz CT molecular complexity index is 1060. The highest BCUT2D eigenvalue weighted by Gasteiger charge is 2.24. The molecule has 2 aromatic carbocycles. The molecule has 3 rings (SSSR count). The molecular formula is C17H13ClF2N2O3S2. The van der Waals surface area contributed by atoms with Gasteiger partial charge in [0.25, 0.3) is 10.0 Å². The van der Waals surface area contributed by atoms with Crippen molar-refractivity contribution in [2.75, 3.05) is 4.72 Å². The lowest BCUT2D eigenvalue weighted by Gasteiger charge is -2.17. The number of rotatable bonds is 6. The summed E-state index contributed by atoms with van der Waals surface area (Å²) in [5, 5.41) is 1.54. The third kappa shape index (κ3) is 4.37. The molecule has 3 aromatic rings. The Morgan fingerprint density at radius 1 is 1.22 bits per heavy atom. The van der Waals surface area contributed by atoms with Crippen LogP contribution in [0.1, 0.15) is 18.6 Å². The fourth-order valence-corrected chi connectivity index (χ4v) is 4.46. The molecule has 0 bridgehead atoms. The number of halogens is 3. The van der Waals surface area contributed by atoms with E-state index in [0.29, 0.717) is 0 Å². The van der Waals surface area contributed by atoms with E-state index in [0.717, 1.165) is 23.5 Å². The smallest absolute Gasteiger partial charge is 0.266 e. The van der Waals surface area contributed by atoms with Crippen molar-refractivity contribution in [1.29, 1.82) is 0 Å². The second-order valence-corrected chi connectivity index (χ2v) is 8.39. The Balaban J connectivity index is 1.88. The molecule has 0 aliphatic heterocycles. The molecule has 27 heavy (non-hydrogen) atoms. The molecule has 0 radical (unpaired) electrons. The van der Waals surface area contributed by atoms with Gasteiger partial charge in [-0.1, -0.05) is 29.8 Å². The minimum absolute atomic E-state index is 0.0963. The number of nitrogens with zero attached hydrogens (tertiary/aromatic N) is 1. The van der Waals surface area contributed by atoms with Gasteiger partial charge in [-0.05, 0) is 19.1 Å². The van der Waals surface area contributed by atoms with Crippen LogP contribution in [0.5, 0.6) is 5.75 Å². The van der Waals surface area contributed by atoms with Gasteiger partial charge in [0, 0.05) is 23.2 Å². The fourth-order valence-electron chi connectivity index (χ4n) is 2.31. The Kier molecular flexibility index (Phi) is 5.64. The van der Waals surface area contributed by atoms with Crippen molar-refractivity contribution in [2.45, 2.75) is 17.9 Å². The molecule has 0 spiro atoms. The maximum absolute atomic E-state index is 14.4. The van der Waals surface area contributed by atoms with Gasteiger partial charge in [-0.25, -0.2) is 22.2 Å². The molecule has 1 aromatic heterocycles. The zero-order valence-corrected chi connectivity index (χ0v) is 16.2. The summed E-state index contributed by atoms with van der Waals surface area (Å²) < 4.78 is 60.7. The average Bonchev–Trinajstić information content (AvgIpc) is 3.10. The normalized spacial score (nSPS) is 12.6. The number of hydrogen-bond donors (Lipinski definition) is 1. The average molecular weight is 431 g/mol. The number of aromatic nitrogens is 1. The molecule has 142 valence electrons. The molecule has 0 aliphatic carbocycles. The third-order valence-electron chi connectivity index (χ3n) is 3.58. The summed E-state index contributed by atoms with van der Waals surface area (Å²) in [7, 11) is -4.22. The highest BCUT2D eigenvalue weighted by molar-refractivity contribution is 7.93. The van der Waals surface area contributed by atoms with E-state index in [4.69, 9.17) is 16.3 Å². The van der Waals surface area contributed by atoms with Gasteiger partial charge in [-0.15, -0.1) is 11.3 Å². The van der Waals surface area contributed by atoms with Crippen LogP contribution in [-0.2, 0) is 10.0 Å². The topological polar surface area (TPSA) is 68.3 Å². The van der Waals surface area contributed by atoms with E-state index in [1.165, 1.54) is 24.4 Å². The highest BCUT2D eigenvalue weighted by Crippen LogP contribution is 2.34. The molecular weight excluding hydrogens is 418 g/mol. The van der Waals surface area contributed by atoms with Crippen LogP contribution < -0.4 is 9.46 Å².